The molecule has 9 heteroatoms. The second-order valence-electron chi connectivity index (χ2n) is 9.00. The average molecular weight is 524 g/mol. The van der Waals surface area contributed by atoms with Crippen molar-refractivity contribution < 1.29 is 23.9 Å². The highest BCUT2D eigenvalue weighted by atomic mass is 32.1. The van der Waals surface area contributed by atoms with Gasteiger partial charge >= 0.3 is 0 Å². The maximum atomic E-state index is 13.9. The molecule has 8 nitrogen and oxygen atoms in total. The minimum Gasteiger partial charge on any atom is -0.497 e. The number of nitrogens with one attached hydrogen (secondary N) is 2. The number of carbonyl (C=O) groups is 3. The number of methoxy groups -OCH3 is 2. The topological polar surface area (TPSA) is 97.0 Å². The lowest BCUT2D eigenvalue weighted by Gasteiger charge is -2.35. The number of carbonyl (C=O) groups excluding carboxylic acids is 3. The molecule has 0 aliphatic carbocycles. The van der Waals surface area contributed by atoms with Gasteiger partial charge in [0.2, 0.25) is 11.8 Å². The lowest BCUT2D eigenvalue weighted by atomic mass is 9.98. The molecule has 0 radical (unpaired) electrons. The molecule has 0 aliphatic rings. The van der Waals surface area contributed by atoms with Gasteiger partial charge in [-0.25, -0.2) is 0 Å². The maximum Gasteiger partial charge on any atom is 0.261 e. The van der Waals surface area contributed by atoms with Gasteiger partial charge < -0.3 is 20.1 Å². The summed E-state index contributed by atoms with van der Waals surface area (Å²) in [5.41, 5.74) is 0.433. The summed E-state index contributed by atoms with van der Waals surface area (Å²) in [4.78, 5) is 42.2. The van der Waals surface area contributed by atoms with Gasteiger partial charge in [-0.3, -0.25) is 19.3 Å². The van der Waals surface area contributed by atoms with Crippen LogP contribution in [0.15, 0.2) is 66.0 Å². The molecule has 1 atom stereocenters. The van der Waals surface area contributed by atoms with Crippen LogP contribution < -0.4 is 25.0 Å². The highest BCUT2D eigenvalue weighted by molar-refractivity contribution is 7.12. The Balaban J connectivity index is 2.10. The van der Waals surface area contributed by atoms with Gasteiger partial charge in [0.05, 0.1) is 31.3 Å². The SMILES string of the molecule is CCC(C)(C)NC(=O)[C@H](c1cccc(OC)c1)N(C(=O)CNC(=O)c1cccs1)c1ccccc1OC. The van der Waals surface area contributed by atoms with Gasteiger partial charge in [-0.2, -0.15) is 0 Å². The molecule has 3 amide bonds. The van der Waals surface area contributed by atoms with Crippen LogP contribution in [0.2, 0.25) is 0 Å². The Morgan fingerprint density at radius 3 is 2.41 bits per heavy atom. The van der Waals surface area contributed by atoms with E-state index in [-0.39, 0.29) is 18.4 Å². The number of rotatable bonds is 11. The number of amides is 3. The molecule has 0 bridgehead atoms. The second kappa shape index (κ2) is 12.4. The molecule has 2 N–H and O–H groups in total. The van der Waals surface area contributed by atoms with E-state index in [0.29, 0.717) is 34.0 Å². The first-order valence-corrected chi connectivity index (χ1v) is 12.8. The van der Waals surface area contributed by atoms with Crippen molar-refractivity contribution in [2.45, 2.75) is 38.8 Å². The summed E-state index contributed by atoms with van der Waals surface area (Å²) < 4.78 is 11.0. The number of nitrogens with zero attached hydrogens (tertiary/aromatic N) is 1. The van der Waals surface area contributed by atoms with Gasteiger partial charge in [-0.15, -0.1) is 11.3 Å². The Labute approximate surface area is 221 Å². The van der Waals surface area contributed by atoms with E-state index in [2.05, 4.69) is 10.6 Å². The summed E-state index contributed by atoms with van der Waals surface area (Å²) in [5, 5.41) is 7.54. The summed E-state index contributed by atoms with van der Waals surface area (Å²) in [6, 6.07) is 16.4. The number of benzene rings is 2. The van der Waals surface area contributed by atoms with E-state index in [9.17, 15) is 14.4 Å². The van der Waals surface area contributed by atoms with Crippen LogP contribution in [-0.4, -0.2) is 44.0 Å². The van der Waals surface area contributed by atoms with E-state index >= 15 is 0 Å². The van der Waals surface area contributed by atoms with Gasteiger partial charge in [0.1, 0.15) is 17.5 Å². The molecule has 2 aromatic carbocycles. The van der Waals surface area contributed by atoms with Gasteiger partial charge in [-0.1, -0.05) is 37.3 Å². The molecule has 0 saturated carbocycles. The van der Waals surface area contributed by atoms with E-state index in [4.69, 9.17) is 9.47 Å². The Kier molecular flexibility index (Phi) is 9.30. The van der Waals surface area contributed by atoms with Crippen LogP contribution in [0, 0.1) is 0 Å². The van der Waals surface area contributed by atoms with Crippen LogP contribution in [0.4, 0.5) is 5.69 Å². The van der Waals surface area contributed by atoms with Crippen molar-refractivity contribution in [3.8, 4) is 11.5 Å². The van der Waals surface area contributed by atoms with Crippen molar-refractivity contribution in [3.05, 3.63) is 76.5 Å². The maximum absolute atomic E-state index is 13.9. The van der Waals surface area contributed by atoms with Crippen molar-refractivity contribution in [1.29, 1.82) is 0 Å². The van der Waals surface area contributed by atoms with Crippen LogP contribution in [0.3, 0.4) is 0 Å². The fourth-order valence-corrected chi connectivity index (χ4v) is 4.34. The predicted molar refractivity (Wildman–Crippen MR) is 145 cm³/mol. The summed E-state index contributed by atoms with van der Waals surface area (Å²) in [6.07, 6.45) is 0.684. The second-order valence-corrected chi connectivity index (χ2v) is 9.95. The predicted octanol–water partition coefficient (Wildman–Crippen LogP) is 4.57. The van der Waals surface area contributed by atoms with Crippen LogP contribution >= 0.6 is 11.3 Å². The molecule has 0 aliphatic heterocycles. The fourth-order valence-electron chi connectivity index (χ4n) is 3.70. The standard InChI is InChI=1S/C28H33N3O5S/c1-6-28(2,3)30-27(34)25(19-11-9-12-20(17-19)35-4)31(21-13-7-8-14-22(21)36-5)24(32)18-29-26(33)23-15-10-16-37-23/h7-17,25H,6,18H2,1-5H3,(H,29,33)(H,30,34)/t25-/m0/s1. The normalized spacial score (nSPS) is 11.8. The first-order chi connectivity index (χ1) is 17.7. The third-order valence-electron chi connectivity index (χ3n) is 6.02. The molecule has 37 heavy (non-hydrogen) atoms. The van der Waals surface area contributed by atoms with E-state index in [1.807, 2.05) is 20.8 Å². The molecule has 0 unspecified atom stereocenters. The summed E-state index contributed by atoms with van der Waals surface area (Å²) in [7, 11) is 3.04. The third kappa shape index (κ3) is 6.89. The van der Waals surface area contributed by atoms with Crippen LogP contribution in [0.1, 0.15) is 48.5 Å². The zero-order valence-electron chi connectivity index (χ0n) is 21.7. The highest BCUT2D eigenvalue weighted by Crippen LogP contribution is 2.36. The van der Waals surface area contributed by atoms with Gasteiger partial charge in [0.25, 0.3) is 5.91 Å². The molecule has 1 aromatic heterocycles. The number of para-hydroxylation sites is 2. The van der Waals surface area contributed by atoms with Crippen molar-refractivity contribution in [3.63, 3.8) is 0 Å². The fraction of sp³-hybridized carbons (Fsp3) is 0.321. The van der Waals surface area contributed by atoms with Crippen LogP contribution in [0.5, 0.6) is 11.5 Å². The summed E-state index contributed by atoms with van der Waals surface area (Å²) in [5.74, 6) is -0.257. The molecule has 3 rings (SSSR count). The number of hydrogen-bond acceptors (Lipinski definition) is 6. The number of anilines is 1. The summed E-state index contributed by atoms with van der Waals surface area (Å²) >= 11 is 1.28. The highest BCUT2D eigenvalue weighted by Gasteiger charge is 2.36. The van der Waals surface area contributed by atoms with Gasteiger partial charge in [-0.05, 0) is 61.5 Å². The first kappa shape index (κ1) is 27.7. The molecular weight excluding hydrogens is 490 g/mol. The Hall–Kier alpha value is -3.85. The Bertz CT molecular complexity index is 1230. The molecule has 196 valence electrons. The zero-order valence-corrected chi connectivity index (χ0v) is 22.6. The largest absolute Gasteiger partial charge is 0.497 e. The molecule has 0 fully saturated rings. The number of hydrogen-bond donors (Lipinski definition) is 2. The third-order valence-corrected chi connectivity index (χ3v) is 6.89. The molecule has 0 spiro atoms. The average Bonchev–Trinajstić information content (AvgIpc) is 3.45. The van der Waals surface area contributed by atoms with E-state index in [1.165, 1.54) is 30.5 Å². The lowest BCUT2D eigenvalue weighted by molar-refractivity contribution is -0.127. The summed E-state index contributed by atoms with van der Waals surface area (Å²) in [6.45, 7) is 5.50. The quantitative estimate of drug-likeness (QED) is 0.384. The van der Waals surface area contributed by atoms with Gasteiger partial charge in [0, 0.05) is 5.54 Å². The van der Waals surface area contributed by atoms with E-state index < -0.39 is 17.5 Å². The number of thiophene rings is 1. The van der Waals surface area contributed by atoms with Crippen molar-refractivity contribution in [2.75, 3.05) is 25.7 Å². The monoisotopic (exact) mass is 523 g/mol. The number of ether oxygens (including phenoxy) is 2. The zero-order chi connectivity index (χ0) is 27.0. The Morgan fingerprint density at radius 2 is 1.76 bits per heavy atom. The smallest absolute Gasteiger partial charge is 0.261 e. The van der Waals surface area contributed by atoms with Crippen molar-refractivity contribution >= 4 is 34.7 Å². The van der Waals surface area contributed by atoms with E-state index in [0.717, 1.165) is 0 Å². The van der Waals surface area contributed by atoms with Crippen LogP contribution in [-0.2, 0) is 9.59 Å². The minimum atomic E-state index is -1.07. The van der Waals surface area contributed by atoms with Crippen LogP contribution in [0.25, 0.3) is 0 Å². The molecular formula is C28H33N3O5S. The molecule has 1 heterocycles. The Morgan fingerprint density at radius 1 is 1.00 bits per heavy atom. The molecule has 3 aromatic rings. The van der Waals surface area contributed by atoms with Crippen molar-refractivity contribution in [1.82, 2.24) is 10.6 Å². The minimum absolute atomic E-state index is 0.320. The lowest BCUT2D eigenvalue weighted by Crippen LogP contribution is -2.52. The van der Waals surface area contributed by atoms with Gasteiger partial charge in [0.15, 0.2) is 0 Å². The first-order valence-electron chi connectivity index (χ1n) is 11.9. The van der Waals surface area contributed by atoms with E-state index in [1.54, 1.807) is 66.0 Å². The molecule has 0 saturated heterocycles. The van der Waals surface area contributed by atoms with Crippen molar-refractivity contribution in [2.24, 2.45) is 0 Å².